The van der Waals surface area contributed by atoms with Crippen LogP contribution in [-0.2, 0) is 33.2 Å². The first-order chi connectivity index (χ1) is 21.2. The van der Waals surface area contributed by atoms with E-state index in [9.17, 15) is 71.5 Å². The predicted octanol–water partition coefficient (Wildman–Crippen LogP) is -9.74. The van der Waals surface area contributed by atoms with Crippen LogP contribution in [0.5, 0.6) is 0 Å². The highest BCUT2D eigenvalue weighted by molar-refractivity contribution is 5.03. The van der Waals surface area contributed by atoms with Crippen molar-refractivity contribution in [3.05, 3.63) is 0 Å². The van der Waals surface area contributed by atoms with Crippen LogP contribution >= 0.6 is 0 Å². The van der Waals surface area contributed by atoms with Crippen molar-refractivity contribution in [3.8, 4) is 0 Å². The summed E-state index contributed by atoms with van der Waals surface area (Å²) in [5.74, 6) is -7.51. The van der Waals surface area contributed by atoms with Crippen molar-refractivity contribution < 1.29 is 105 Å². The molecule has 21 nitrogen and oxygen atoms in total. The minimum atomic E-state index is -2.57. The molecule has 14 N–H and O–H groups in total. The molecule has 0 bridgehead atoms. The lowest BCUT2D eigenvalue weighted by atomic mass is 9.99. The second-order valence-corrected chi connectivity index (χ2v) is 11.3. The molecule has 0 saturated carbocycles. The summed E-state index contributed by atoms with van der Waals surface area (Å²) in [6.07, 6.45) is -25.1. The van der Waals surface area contributed by atoms with Crippen LogP contribution < -0.4 is 0 Å². The van der Waals surface area contributed by atoms with Gasteiger partial charge in [-0.15, -0.1) is 0 Å². The van der Waals surface area contributed by atoms with Gasteiger partial charge in [0.15, 0.2) is 6.29 Å². The van der Waals surface area contributed by atoms with Gasteiger partial charge in [-0.2, -0.15) is 0 Å². The van der Waals surface area contributed by atoms with Crippen LogP contribution in [0.15, 0.2) is 0 Å². The van der Waals surface area contributed by atoms with Crippen molar-refractivity contribution in [2.45, 2.75) is 103 Å². The van der Waals surface area contributed by atoms with E-state index >= 15 is 0 Å². The average Bonchev–Trinajstić information content (AvgIpc) is 3.55. The van der Waals surface area contributed by atoms with Gasteiger partial charge in [-0.25, -0.2) is 0 Å². The summed E-state index contributed by atoms with van der Waals surface area (Å²) in [7, 11) is 0. The number of hydrogen-bond acceptors (Lipinski definition) is 21. The second kappa shape index (κ2) is 14.3. The molecule has 4 fully saturated rings. The van der Waals surface area contributed by atoms with Crippen LogP contribution in [0, 0.1) is 0 Å². The third-order valence-electron chi connectivity index (χ3n) is 8.49. The highest BCUT2D eigenvalue weighted by Gasteiger charge is 2.63. The first kappa shape index (κ1) is 37.0. The Morgan fingerprint density at radius 3 is 1.27 bits per heavy atom. The molecule has 264 valence electrons. The van der Waals surface area contributed by atoms with Crippen molar-refractivity contribution >= 4 is 0 Å². The Morgan fingerprint density at radius 2 is 0.844 bits per heavy atom. The van der Waals surface area contributed by atoms with Gasteiger partial charge >= 0.3 is 0 Å². The van der Waals surface area contributed by atoms with Crippen LogP contribution in [0.1, 0.15) is 0 Å². The van der Waals surface area contributed by atoms with E-state index in [1.54, 1.807) is 0 Å². The van der Waals surface area contributed by atoms with E-state index in [0.717, 1.165) is 0 Å². The van der Waals surface area contributed by atoms with Gasteiger partial charge in [-0.1, -0.05) is 0 Å². The van der Waals surface area contributed by atoms with Gasteiger partial charge in [-0.3, -0.25) is 0 Å². The first-order valence-electron chi connectivity index (χ1n) is 14.0. The van der Waals surface area contributed by atoms with Crippen LogP contribution in [0.25, 0.3) is 0 Å². The highest BCUT2D eigenvalue weighted by atomic mass is 16.8. The Morgan fingerprint density at radius 1 is 0.444 bits per heavy atom. The van der Waals surface area contributed by atoms with Crippen LogP contribution in [-0.4, -0.2) is 221 Å². The number of ether oxygens (including phenoxy) is 7. The lowest BCUT2D eigenvalue weighted by molar-refractivity contribution is -0.369. The average molecular weight is 667 g/mol. The second-order valence-electron chi connectivity index (χ2n) is 11.3. The lowest BCUT2D eigenvalue weighted by Crippen LogP contribution is -2.61. The molecule has 21 heteroatoms. The Kier molecular flexibility index (Phi) is 11.8. The van der Waals surface area contributed by atoms with E-state index in [2.05, 4.69) is 0 Å². The van der Waals surface area contributed by atoms with Crippen molar-refractivity contribution in [2.24, 2.45) is 0 Å². The molecule has 0 amide bonds. The molecule has 17 atom stereocenters. The minimum Gasteiger partial charge on any atom is -0.394 e. The van der Waals surface area contributed by atoms with Gasteiger partial charge in [0.05, 0.1) is 26.4 Å². The predicted molar refractivity (Wildman–Crippen MR) is 134 cm³/mol. The minimum absolute atomic E-state index is 0.800. The molecule has 45 heavy (non-hydrogen) atoms. The van der Waals surface area contributed by atoms with E-state index in [1.807, 2.05) is 0 Å². The summed E-state index contributed by atoms with van der Waals surface area (Å²) < 4.78 is 38.4. The molecule has 0 aromatic heterocycles. The molecular formula is C24H42O21. The van der Waals surface area contributed by atoms with Gasteiger partial charge in [0.1, 0.15) is 99.2 Å². The van der Waals surface area contributed by atoms with E-state index in [-0.39, 0.29) is 0 Å². The first-order valence-corrected chi connectivity index (χ1v) is 14.0. The summed E-state index contributed by atoms with van der Waals surface area (Å²) in [5.41, 5.74) is 0. The van der Waals surface area contributed by atoms with Gasteiger partial charge in [-0.05, 0) is 0 Å². The molecule has 0 aromatic carbocycles. The van der Waals surface area contributed by atoms with Gasteiger partial charge in [0, 0.05) is 0 Å². The summed E-state index contributed by atoms with van der Waals surface area (Å²) in [6.45, 7) is -6.60. The van der Waals surface area contributed by atoms with Crippen LogP contribution in [0.3, 0.4) is 0 Å². The fraction of sp³-hybridized carbons (Fsp3) is 1.00. The zero-order valence-corrected chi connectivity index (χ0v) is 23.7. The van der Waals surface area contributed by atoms with Gasteiger partial charge < -0.3 is 105 Å². The molecule has 4 heterocycles. The monoisotopic (exact) mass is 666 g/mol. The Balaban J connectivity index is 1.60. The molecular weight excluding hydrogens is 624 g/mol. The van der Waals surface area contributed by atoms with E-state index in [4.69, 9.17) is 33.2 Å². The molecule has 4 aliphatic heterocycles. The Bertz CT molecular complexity index is 964. The molecule has 1 unspecified atom stereocenters. The topological polar surface area (TPSA) is 348 Å². The SMILES string of the molecule is OC[C@H]1O[C@@](CO)(OC[C@@]2(OC[C@@]3(OC[C@H]4OC(O)[C@H](O)[C@@H](O)[C@@H]4O)O[C@H](CO)[C@@H](O)[C@@H]3O)O[C@H](CO)[C@@H](O)[C@@H]2O)[C@@H](O)[C@@H]1O. The van der Waals surface area contributed by atoms with Crippen molar-refractivity contribution in [1.82, 2.24) is 0 Å². The Labute approximate surface area is 254 Å². The van der Waals surface area contributed by atoms with Gasteiger partial charge in [0.2, 0.25) is 17.4 Å². The molecule has 4 saturated heterocycles. The summed E-state index contributed by atoms with van der Waals surface area (Å²) in [5, 5.41) is 142. The molecule has 0 aliphatic carbocycles. The molecule has 4 aliphatic rings. The molecule has 0 radical (unpaired) electrons. The van der Waals surface area contributed by atoms with E-state index < -0.39 is 149 Å². The van der Waals surface area contributed by atoms with Gasteiger partial charge in [0.25, 0.3) is 0 Å². The number of aliphatic hydroxyl groups excluding tert-OH is 14. The zero-order chi connectivity index (χ0) is 33.5. The molecule has 0 aromatic rings. The fourth-order valence-electron chi connectivity index (χ4n) is 5.61. The highest BCUT2D eigenvalue weighted by Crippen LogP contribution is 2.41. The van der Waals surface area contributed by atoms with Crippen LogP contribution in [0.4, 0.5) is 0 Å². The standard InChI is InChI=1S/C24H42O21/c25-1-8-13(30)18(35)22(5-28,43-8)40-7-24(20(37)15(32)10(3-27)45-24)41-6-23(19(36)14(31)9(2-26)44-23)39-4-11-12(29)16(33)17(34)21(38)42-11/h8-21,25-38H,1-7H2/t8-,9-,10-,11-,12-,13-,14-,15-,16+,17-,18+,19+,20+,21?,22-,23-,24-/m1/s1. The third-order valence-corrected chi connectivity index (χ3v) is 8.49. The summed E-state index contributed by atoms with van der Waals surface area (Å²) >= 11 is 0. The van der Waals surface area contributed by atoms with E-state index in [1.165, 1.54) is 0 Å². The fourth-order valence-corrected chi connectivity index (χ4v) is 5.61. The number of rotatable bonds is 13. The van der Waals surface area contributed by atoms with Crippen molar-refractivity contribution in [2.75, 3.05) is 46.2 Å². The quantitative estimate of drug-likeness (QED) is 0.0867. The zero-order valence-electron chi connectivity index (χ0n) is 23.7. The maximum absolute atomic E-state index is 11.0. The maximum Gasteiger partial charge on any atom is 0.222 e. The smallest absolute Gasteiger partial charge is 0.222 e. The number of aliphatic hydroxyl groups is 14. The lowest BCUT2D eigenvalue weighted by Gasteiger charge is -2.42. The third kappa shape index (κ3) is 6.61. The van der Waals surface area contributed by atoms with E-state index in [0.29, 0.717) is 0 Å². The molecule has 0 spiro atoms. The summed E-state index contributed by atoms with van der Waals surface area (Å²) in [6, 6.07) is 0. The van der Waals surface area contributed by atoms with Crippen LogP contribution in [0.2, 0.25) is 0 Å². The summed E-state index contributed by atoms with van der Waals surface area (Å²) in [4.78, 5) is 0. The normalized spacial score (nSPS) is 52.1. The Hall–Kier alpha value is -0.840. The van der Waals surface area contributed by atoms with Crippen molar-refractivity contribution in [3.63, 3.8) is 0 Å². The number of hydrogen-bond donors (Lipinski definition) is 14. The van der Waals surface area contributed by atoms with Crippen molar-refractivity contribution in [1.29, 1.82) is 0 Å². The maximum atomic E-state index is 11.0. The molecule has 4 rings (SSSR count). The largest absolute Gasteiger partial charge is 0.394 e.